The van der Waals surface area contributed by atoms with Crippen LogP contribution in [0.5, 0.6) is 11.5 Å². The molecule has 0 heterocycles. The zero-order valence-electron chi connectivity index (χ0n) is 16.4. The van der Waals surface area contributed by atoms with Crippen LogP contribution in [-0.2, 0) is 11.2 Å². The van der Waals surface area contributed by atoms with Gasteiger partial charge >= 0.3 is 0 Å². The van der Waals surface area contributed by atoms with Crippen molar-refractivity contribution >= 4 is 11.8 Å². The zero-order chi connectivity index (χ0) is 21.2. The van der Waals surface area contributed by atoms with Crippen LogP contribution in [0.4, 0.5) is 8.78 Å². The lowest BCUT2D eigenvalue weighted by molar-refractivity contribution is -0.120. The highest BCUT2D eigenvalue weighted by Gasteiger charge is 2.13. The quantitative estimate of drug-likeness (QED) is 0.636. The Morgan fingerprint density at radius 1 is 0.931 bits per heavy atom. The van der Waals surface area contributed by atoms with Crippen molar-refractivity contribution in [3.05, 3.63) is 59.2 Å². The lowest BCUT2D eigenvalue weighted by Crippen LogP contribution is -2.37. The van der Waals surface area contributed by atoms with Gasteiger partial charge in [0, 0.05) is 17.7 Å². The third-order valence-corrected chi connectivity index (χ3v) is 3.97. The monoisotopic (exact) mass is 406 g/mol. The first kappa shape index (κ1) is 22.1. The molecule has 0 aromatic heterocycles. The van der Waals surface area contributed by atoms with Crippen LogP contribution in [0.2, 0.25) is 0 Å². The van der Waals surface area contributed by atoms with Gasteiger partial charge in [-0.3, -0.25) is 9.59 Å². The van der Waals surface area contributed by atoms with E-state index in [1.54, 1.807) is 18.2 Å². The maximum atomic E-state index is 13.6. The molecule has 0 unspecified atom stereocenters. The highest BCUT2D eigenvalue weighted by Crippen LogP contribution is 2.28. The van der Waals surface area contributed by atoms with E-state index in [0.717, 1.165) is 12.1 Å². The summed E-state index contributed by atoms with van der Waals surface area (Å²) in [4.78, 5) is 24.2. The first-order chi connectivity index (χ1) is 14.0. The standard InChI is InChI=1S/C21H24F2N2O4/c1-3-28-18-9-8-14(12-19(18)29-4-2)21(27)25-13-20(26)24-11-10-15-16(22)6-5-7-17(15)23/h5-9,12H,3-4,10-11,13H2,1-2H3,(H,24,26)(H,25,27). The van der Waals surface area contributed by atoms with Crippen molar-refractivity contribution in [1.82, 2.24) is 10.6 Å². The van der Waals surface area contributed by atoms with Crippen LogP contribution in [0.3, 0.4) is 0 Å². The number of hydrogen-bond acceptors (Lipinski definition) is 4. The lowest BCUT2D eigenvalue weighted by atomic mass is 10.1. The Balaban J connectivity index is 1.85. The van der Waals surface area contributed by atoms with Gasteiger partial charge < -0.3 is 20.1 Å². The number of carbonyl (C=O) groups excluding carboxylic acids is 2. The Kier molecular flexibility index (Phi) is 8.39. The summed E-state index contributed by atoms with van der Waals surface area (Å²) in [7, 11) is 0. The molecule has 2 aromatic carbocycles. The molecule has 29 heavy (non-hydrogen) atoms. The van der Waals surface area contributed by atoms with Gasteiger partial charge in [0.25, 0.3) is 5.91 Å². The minimum Gasteiger partial charge on any atom is -0.490 e. The lowest BCUT2D eigenvalue weighted by Gasteiger charge is -2.12. The Bertz CT molecular complexity index is 838. The fourth-order valence-electron chi connectivity index (χ4n) is 2.62. The number of halogens is 2. The SMILES string of the molecule is CCOc1ccc(C(=O)NCC(=O)NCCc2c(F)cccc2F)cc1OCC. The third-order valence-electron chi connectivity index (χ3n) is 3.97. The summed E-state index contributed by atoms with van der Waals surface area (Å²) in [6, 6.07) is 8.35. The van der Waals surface area contributed by atoms with Crippen LogP contribution in [0.25, 0.3) is 0 Å². The van der Waals surface area contributed by atoms with E-state index in [4.69, 9.17) is 9.47 Å². The van der Waals surface area contributed by atoms with Gasteiger partial charge in [-0.1, -0.05) is 6.07 Å². The van der Waals surface area contributed by atoms with Crippen LogP contribution in [-0.4, -0.2) is 38.1 Å². The Hall–Kier alpha value is -3.16. The molecule has 0 aliphatic rings. The molecule has 156 valence electrons. The smallest absolute Gasteiger partial charge is 0.251 e. The van der Waals surface area contributed by atoms with E-state index < -0.39 is 23.4 Å². The topological polar surface area (TPSA) is 76.7 Å². The van der Waals surface area contributed by atoms with Crippen LogP contribution < -0.4 is 20.1 Å². The molecular weight excluding hydrogens is 382 g/mol. The van der Waals surface area contributed by atoms with Crippen LogP contribution in [0.1, 0.15) is 29.8 Å². The van der Waals surface area contributed by atoms with Gasteiger partial charge in [0.05, 0.1) is 19.8 Å². The molecule has 6 nitrogen and oxygen atoms in total. The molecule has 0 aliphatic heterocycles. The fourth-order valence-corrected chi connectivity index (χ4v) is 2.62. The molecule has 2 rings (SSSR count). The summed E-state index contributed by atoms with van der Waals surface area (Å²) in [5.41, 5.74) is 0.229. The van der Waals surface area contributed by atoms with Crippen molar-refractivity contribution in [2.75, 3.05) is 26.3 Å². The van der Waals surface area contributed by atoms with Gasteiger partial charge in [0.15, 0.2) is 11.5 Å². The first-order valence-corrected chi connectivity index (χ1v) is 9.33. The van der Waals surface area contributed by atoms with Gasteiger partial charge in [0.2, 0.25) is 5.91 Å². The summed E-state index contributed by atoms with van der Waals surface area (Å²) < 4.78 is 38.0. The van der Waals surface area contributed by atoms with E-state index in [2.05, 4.69) is 10.6 Å². The summed E-state index contributed by atoms with van der Waals surface area (Å²) >= 11 is 0. The molecular formula is C21H24F2N2O4. The van der Waals surface area contributed by atoms with Gasteiger partial charge in [-0.25, -0.2) is 8.78 Å². The number of hydrogen-bond donors (Lipinski definition) is 2. The Labute approximate surface area is 168 Å². The molecule has 0 atom stereocenters. The summed E-state index contributed by atoms with van der Waals surface area (Å²) in [5.74, 6) is -1.26. The van der Waals surface area contributed by atoms with Gasteiger partial charge in [-0.05, 0) is 50.6 Å². The molecule has 2 N–H and O–H groups in total. The molecule has 2 aromatic rings. The predicted octanol–water partition coefficient (Wildman–Crippen LogP) is 2.85. The molecule has 2 amide bonds. The van der Waals surface area contributed by atoms with Crippen LogP contribution >= 0.6 is 0 Å². The molecule has 0 fully saturated rings. The zero-order valence-corrected chi connectivity index (χ0v) is 16.4. The van der Waals surface area contributed by atoms with E-state index in [1.165, 1.54) is 6.07 Å². The first-order valence-electron chi connectivity index (χ1n) is 9.33. The molecule has 0 bridgehead atoms. The van der Waals surface area contributed by atoms with Crippen molar-refractivity contribution in [1.29, 1.82) is 0 Å². The summed E-state index contributed by atoms with van der Waals surface area (Å²) in [6.45, 7) is 4.31. The number of rotatable bonds is 10. The minimum atomic E-state index is -0.659. The van der Waals surface area contributed by atoms with E-state index in [1.807, 2.05) is 13.8 Å². The molecule has 0 saturated heterocycles. The van der Waals surface area contributed by atoms with E-state index in [0.29, 0.717) is 30.3 Å². The molecule has 0 saturated carbocycles. The van der Waals surface area contributed by atoms with Gasteiger partial charge in [-0.2, -0.15) is 0 Å². The highest BCUT2D eigenvalue weighted by molar-refractivity contribution is 5.97. The maximum absolute atomic E-state index is 13.6. The van der Waals surface area contributed by atoms with E-state index in [9.17, 15) is 18.4 Å². The fraction of sp³-hybridized carbons (Fsp3) is 0.333. The summed E-state index contributed by atoms with van der Waals surface area (Å²) in [6.07, 6.45) is 0.00873. The Morgan fingerprint density at radius 3 is 2.24 bits per heavy atom. The minimum absolute atomic E-state index is 0.00873. The predicted molar refractivity (Wildman–Crippen MR) is 104 cm³/mol. The van der Waals surface area contributed by atoms with Crippen LogP contribution in [0, 0.1) is 11.6 Å². The van der Waals surface area contributed by atoms with Crippen molar-refractivity contribution in [2.24, 2.45) is 0 Å². The average molecular weight is 406 g/mol. The molecule has 0 radical (unpaired) electrons. The average Bonchev–Trinajstić information content (AvgIpc) is 2.70. The molecule has 8 heteroatoms. The normalized spacial score (nSPS) is 10.3. The van der Waals surface area contributed by atoms with Crippen molar-refractivity contribution < 1.29 is 27.8 Å². The second kappa shape index (κ2) is 11.0. The molecule has 0 spiro atoms. The third kappa shape index (κ3) is 6.44. The largest absolute Gasteiger partial charge is 0.490 e. The van der Waals surface area contributed by atoms with E-state index >= 15 is 0 Å². The number of benzene rings is 2. The van der Waals surface area contributed by atoms with Crippen molar-refractivity contribution in [2.45, 2.75) is 20.3 Å². The van der Waals surface area contributed by atoms with Gasteiger partial charge in [0.1, 0.15) is 11.6 Å². The number of carbonyl (C=O) groups is 2. The van der Waals surface area contributed by atoms with E-state index in [-0.39, 0.29) is 25.1 Å². The second-order valence-corrected chi connectivity index (χ2v) is 6.01. The van der Waals surface area contributed by atoms with Crippen molar-refractivity contribution in [3.63, 3.8) is 0 Å². The highest BCUT2D eigenvalue weighted by atomic mass is 19.1. The second-order valence-electron chi connectivity index (χ2n) is 6.01. The molecule has 0 aliphatic carbocycles. The number of nitrogens with one attached hydrogen (secondary N) is 2. The number of ether oxygens (including phenoxy) is 2. The van der Waals surface area contributed by atoms with Gasteiger partial charge in [-0.15, -0.1) is 0 Å². The van der Waals surface area contributed by atoms with Crippen LogP contribution in [0.15, 0.2) is 36.4 Å². The summed E-state index contributed by atoms with van der Waals surface area (Å²) in [5, 5.41) is 5.01. The van der Waals surface area contributed by atoms with Crippen molar-refractivity contribution in [3.8, 4) is 11.5 Å². The maximum Gasteiger partial charge on any atom is 0.251 e. The Morgan fingerprint density at radius 2 is 1.59 bits per heavy atom. The number of amides is 2.